The molecule has 2 N–H and O–H groups in total. The van der Waals surface area contributed by atoms with Gasteiger partial charge >= 0.3 is 11.8 Å². The zero-order chi connectivity index (χ0) is 10.7. The van der Waals surface area contributed by atoms with E-state index in [1.165, 1.54) is 6.33 Å². The van der Waals surface area contributed by atoms with E-state index in [9.17, 15) is 9.59 Å². The number of aromatic nitrogens is 2. The van der Waals surface area contributed by atoms with Gasteiger partial charge in [0, 0.05) is 6.42 Å². The molecule has 0 aliphatic carbocycles. The molecule has 2 rings (SSSR count). The van der Waals surface area contributed by atoms with Crippen molar-refractivity contribution in [1.82, 2.24) is 20.8 Å². The Labute approximate surface area is 83.8 Å². The minimum Gasteiger partial charge on any atom is -0.340 e. The fraction of sp³-hybridized carbons (Fsp3) is 0.286. The number of carbonyl (C=O) groups excluding carboxylic acids is 2. The molecule has 0 unspecified atom stereocenters. The largest absolute Gasteiger partial charge is 0.340 e. The van der Waals surface area contributed by atoms with E-state index in [1.54, 1.807) is 0 Å². The number of amides is 2. The molecular weight excluding hydrogens is 202 g/mol. The van der Waals surface area contributed by atoms with Crippen LogP contribution in [0.2, 0.25) is 0 Å². The first-order valence-corrected chi connectivity index (χ1v) is 4.18. The number of hydrogen-bond acceptors (Lipinski definition) is 6. The second kappa shape index (κ2) is 3.86. The lowest BCUT2D eigenvalue weighted by molar-refractivity contribution is -0.135. The molecule has 2 amide bonds. The Morgan fingerprint density at radius 3 is 2.67 bits per heavy atom. The molecular formula is C7H7N5O3. The van der Waals surface area contributed by atoms with Gasteiger partial charge in [0.2, 0.25) is 11.9 Å². The van der Waals surface area contributed by atoms with Gasteiger partial charge in [0.05, 0.1) is 6.54 Å². The molecule has 78 valence electrons. The Morgan fingerprint density at radius 2 is 2.07 bits per heavy atom. The quantitative estimate of drug-likeness (QED) is 0.571. The van der Waals surface area contributed by atoms with E-state index < -0.39 is 11.8 Å². The Bertz CT molecular complexity index is 392. The predicted octanol–water partition coefficient (Wildman–Crippen LogP) is -1.79. The van der Waals surface area contributed by atoms with Crippen LogP contribution in [-0.2, 0) is 16.0 Å². The fourth-order valence-corrected chi connectivity index (χ4v) is 1.01. The first-order chi connectivity index (χ1) is 7.25. The van der Waals surface area contributed by atoms with E-state index >= 15 is 0 Å². The molecule has 0 bridgehead atoms. The minimum atomic E-state index is -0.702. The van der Waals surface area contributed by atoms with E-state index in [-0.39, 0.29) is 5.96 Å². The lowest BCUT2D eigenvalue weighted by atomic mass is 10.4. The van der Waals surface area contributed by atoms with Crippen molar-refractivity contribution in [1.29, 1.82) is 0 Å². The summed E-state index contributed by atoms with van der Waals surface area (Å²) >= 11 is 0. The maximum Gasteiger partial charge on any atom is 0.316 e. The molecule has 0 spiro atoms. The third-order valence-corrected chi connectivity index (χ3v) is 1.67. The van der Waals surface area contributed by atoms with Crippen molar-refractivity contribution in [3.8, 4) is 0 Å². The smallest absolute Gasteiger partial charge is 0.316 e. The fourth-order valence-electron chi connectivity index (χ4n) is 1.01. The maximum absolute atomic E-state index is 10.7. The number of hydrogen-bond donors (Lipinski definition) is 2. The van der Waals surface area contributed by atoms with Crippen LogP contribution in [0, 0.1) is 0 Å². The van der Waals surface area contributed by atoms with Crippen LogP contribution in [-0.4, -0.2) is 34.5 Å². The zero-order valence-corrected chi connectivity index (χ0v) is 7.56. The molecule has 1 aromatic heterocycles. The van der Waals surface area contributed by atoms with Crippen LogP contribution in [0.15, 0.2) is 15.8 Å². The van der Waals surface area contributed by atoms with Gasteiger partial charge in [-0.05, 0) is 0 Å². The minimum absolute atomic E-state index is 0.157. The van der Waals surface area contributed by atoms with Crippen LogP contribution in [0.5, 0.6) is 0 Å². The second-order valence-corrected chi connectivity index (χ2v) is 2.72. The van der Waals surface area contributed by atoms with Crippen molar-refractivity contribution >= 4 is 17.8 Å². The van der Waals surface area contributed by atoms with Crippen LogP contribution in [0.25, 0.3) is 0 Å². The number of nitrogens with one attached hydrogen (secondary N) is 2. The first kappa shape index (κ1) is 9.31. The van der Waals surface area contributed by atoms with E-state index in [4.69, 9.17) is 4.52 Å². The lowest BCUT2D eigenvalue weighted by Gasteiger charge is -1.94. The molecule has 0 aromatic carbocycles. The highest BCUT2D eigenvalue weighted by molar-refractivity contribution is 6.45. The molecule has 15 heavy (non-hydrogen) atoms. The summed E-state index contributed by atoms with van der Waals surface area (Å²) < 4.78 is 4.74. The van der Waals surface area contributed by atoms with Crippen LogP contribution in [0.4, 0.5) is 0 Å². The summed E-state index contributed by atoms with van der Waals surface area (Å²) in [7, 11) is 0. The summed E-state index contributed by atoms with van der Waals surface area (Å²) in [6, 6.07) is 0. The van der Waals surface area contributed by atoms with Gasteiger partial charge in [-0.3, -0.25) is 25.2 Å². The Morgan fingerprint density at radius 1 is 1.33 bits per heavy atom. The van der Waals surface area contributed by atoms with Gasteiger partial charge in [0.25, 0.3) is 0 Å². The number of nitrogens with zero attached hydrogens (tertiary/aromatic N) is 3. The Hall–Kier alpha value is -2.25. The molecule has 1 fully saturated rings. The van der Waals surface area contributed by atoms with Gasteiger partial charge in [-0.25, -0.2) is 0 Å². The van der Waals surface area contributed by atoms with Gasteiger partial charge in [0.1, 0.15) is 0 Å². The van der Waals surface area contributed by atoms with Crippen LogP contribution in [0.1, 0.15) is 5.89 Å². The van der Waals surface area contributed by atoms with Crippen molar-refractivity contribution in [2.75, 3.05) is 6.54 Å². The summed E-state index contributed by atoms with van der Waals surface area (Å²) in [6.07, 6.45) is 1.75. The molecule has 8 nitrogen and oxygen atoms in total. The van der Waals surface area contributed by atoms with Crippen LogP contribution < -0.4 is 10.6 Å². The highest BCUT2D eigenvalue weighted by Crippen LogP contribution is 1.93. The second-order valence-electron chi connectivity index (χ2n) is 2.72. The van der Waals surface area contributed by atoms with Crippen molar-refractivity contribution in [3.63, 3.8) is 0 Å². The van der Waals surface area contributed by atoms with Crippen LogP contribution in [0.3, 0.4) is 0 Å². The normalized spacial score (nSPS) is 15.1. The number of guanidine groups is 1. The number of aliphatic imine (C=N–C) groups is 1. The SMILES string of the molecule is O=C1NC(=NCCc2ncno2)NC1=O. The standard InChI is InChI=1S/C7H7N5O3/c13-5-6(14)12-7(11-5)8-2-1-4-9-3-10-15-4/h3H,1-2H2,(H2,8,11,12,13,14). The number of rotatable bonds is 3. The van der Waals surface area contributed by atoms with E-state index in [0.29, 0.717) is 18.9 Å². The molecule has 8 heteroatoms. The lowest BCUT2D eigenvalue weighted by Crippen LogP contribution is -2.26. The van der Waals surface area contributed by atoms with E-state index in [0.717, 1.165) is 0 Å². The van der Waals surface area contributed by atoms with Crippen molar-refractivity contribution in [2.24, 2.45) is 4.99 Å². The molecule has 0 radical (unpaired) electrons. The van der Waals surface area contributed by atoms with Gasteiger partial charge in [0.15, 0.2) is 6.33 Å². The average Bonchev–Trinajstić information content (AvgIpc) is 2.79. The van der Waals surface area contributed by atoms with Crippen molar-refractivity contribution < 1.29 is 14.1 Å². The molecule has 1 saturated heterocycles. The van der Waals surface area contributed by atoms with E-state index in [1.807, 2.05) is 0 Å². The summed E-state index contributed by atoms with van der Waals surface area (Å²) in [4.78, 5) is 29.2. The molecule has 0 atom stereocenters. The molecule has 0 saturated carbocycles. The number of carbonyl (C=O) groups is 2. The summed E-state index contributed by atoms with van der Waals surface area (Å²) in [5.41, 5.74) is 0. The zero-order valence-electron chi connectivity index (χ0n) is 7.56. The van der Waals surface area contributed by atoms with Crippen molar-refractivity contribution in [2.45, 2.75) is 6.42 Å². The molecule has 1 aliphatic heterocycles. The van der Waals surface area contributed by atoms with Gasteiger partial charge in [-0.15, -0.1) is 0 Å². The Balaban J connectivity index is 1.85. The highest BCUT2D eigenvalue weighted by atomic mass is 16.5. The third-order valence-electron chi connectivity index (χ3n) is 1.67. The molecule has 1 aliphatic rings. The van der Waals surface area contributed by atoms with Gasteiger partial charge in [-0.1, -0.05) is 5.16 Å². The monoisotopic (exact) mass is 209 g/mol. The topological polar surface area (TPSA) is 109 Å². The highest BCUT2D eigenvalue weighted by Gasteiger charge is 2.24. The van der Waals surface area contributed by atoms with Gasteiger partial charge < -0.3 is 4.52 Å². The predicted molar refractivity (Wildman–Crippen MR) is 46.6 cm³/mol. The Kier molecular flexibility index (Phi) is 2.40. The summed E-state index contributed by atoms with van der Waals surface area (Å²) in [5.74, 6) is -0.794. The molecule has 2 heterocycles. The average molecular weight is 209 g/mol. The van der Waals surface area contributed by atoms with Crippen LogP contribution >= 0.6 is 0 Å². The maximum atomic E-state index is 10.7. The van der Waals surface area contributed by atoms with Gasteiger partial charge in [-0.2, -0.15) is 4.98 Å². The third kappa shape index (κ3) is 2.16. The first-order valence-electron chi connectivity index (χ1n) is 4.18. The summed E-state index contributed by atoms with van der Waals surface area (Å²) in [5, 5.41) is 7.96. The van der Waals surface area contributed by atoms with Crippen molar-refractivity contribution in [3.05, 3.63) is 12.2 Å². The van der Waals surface area contributed by atoms with E-state index in [2.05, 4.69) is 25.8 Å². The summed E-state index contributed by atoms with van der Waals surface area (Å²) in [6.45, 7) is 0.345. The molecule has 1 aromatic rings.